The first-order chi connectivity index (χ1) is 5.36. The molecule has 1 aliphatic rings. The summed E-state index contributed by atoms with van der Waals surface area (Å²) in [5.41, 5.74) is 1.23. The van der Waals surface area contributed by atoms with Crippen LogP contribution >= 0.6 is 12.6 Å². The van der Waals surface area contributed by atoms with E-state index in [0.29, 0.717) is 0 Å². The lowest BCUT2D eigenvalue weighted by atomic mass is 10.1. The Bertz CT molecular complexity index is 222. The maximum atomic E-state index is 8.63. The molecule has 0 aromatic carbocycles. The Morgan fingerprint density at radius 1 is 1.73 bits per heavy atom. The van der Waals surface area contributed by atoms with Crippen molar-refractivity contribution >= 4 is 12.6 Å². The molecule has 11 heavy (non-hydrogen) atoms. The largest absolute Gasteiger partial charge is 0.198 e. The zero-order valence-corrected chi connectivity index (χ0v) is 7.22. The smallest absolute Gasteiger partial charge is 0.0697 e. The number of rotatable bonds is 1. The molecule has 2 heteroatoms. The molecule has 0 spiro atoms. The van der Waals surface area contributed by atoms with Crippen LogP contribution in [0.2, 0.25) is 0 Å². The van der Waals surface area contributed by atoms with E-state index >= 15 is 0 Å². The van der Waals surface area contributed by atoms with Crippen LogP contribution in [0.5, 0.6) is 0 Å². The summed E-state index contributed by atoms with van der Waals surface area (Å²) in [6.07, 6.45) is 8.08. The second-order valence-electron chi connectivity index (χ2n) is 2.61. The van der Waals surface area contributed by atoms with Crippen LogP contribution in [0.3, 0.4) is 0 Å². The zero-order valence-electron chi connectivity index (χ0n) is 6.33. The van der Waals surface area contributed by atoms with Crippen LogP contribution in [-0.4, -0.2) is 5.75 Å². The van der Waals surface area contributed by atoms with E-state index in [2.05, 4.69) is 24.8 Å². The van der Waals surface area contributed by atoms with Gasteiger partial charge in [0.2, 0.25) is 0 Å². The predicted octanol–water partition coefficient (Wildman–Crippen LogP) is 2.33. The molecular weight excluding hydrogens is 154 g/mol. The van der Waals surface area contributed by atoms with E-state index in [0.717, 1.165) is 18.6 Å². The lowest BCUT2D eigenvalue weighted by Crippen LogP contribution is -1.88. The summed E-state index contributed by atoms with van der Waals surface area (Å²) in [7, 11) is 0. The van der Waals surface area contributed by atoms with Gasteiger partial charge >= 0.3 is 0 Å². The van der Waals surface area contributed by atoms with Gasteiger partial charge in [0, 0.05) is 5.75 Å². The van der Waals surface area contributed by atoms with Crippen molar-refractivity contribution in [3.63, 3.8) is 0 Å². The zero-order chi connectivity index (χ0) is 8.10. The molecule has 0 heterocycles. The molecule has 0 aromatic rings. The lowest BCUT2D eigenvalue weighted by Gasteiger charge is -1.94. The quantitative estimate of drug-likeness (QED) is 0.592. The third-order valence-corrected chi connectivity index (χ3v) is 2.14. The summed E-state index contributed by atoms with van der Waals surface area (Å²) in [5, 5.41) is 8.63. The first-order valence-corrected chi connectivity index (χ1v) is 4.38. The van der Waals surface area contributed by atoms with Gasteiger partial charge in [0.1, 0.15) is 0 Å². The fourth-order valence-electron chi connectivity index (χ4n) is 1.08. The first kappa shape index (κ1) is 8.42. The average Bonchev–Trinajstić information content (AvgIpc) is 2.28. The van der Waals surface area contributed by atoms with Crippen molar-refractivity contribution in [1.29, 1.82) is 5.26 Å². The van der Waals surface area contributed by atoms with E-state index in [1.54, 1.807) is 0 Å². The molecule has 58 valence electrons. The third-order valence-electron chi connectivity index (χ3n) is 1.78. The minimum atomic E-state index is 0.101. The van der Waals surface area contributed by atoms with Crippen LogP contribution in [0.25, 0.3) is 0 Å². The van der Waals surface area contributed by atoms with Crippen molar-refractivity contribution < 1.29 is 0 Å². The number of allylic oxidation sites excluding steroid dienone is 3. The first-order valence-electron chi connectivity index (χ1n) is 3.74. The lowest BCUT2D eigenvalue weighted by molar-refractivity contribution is 0.739. The predicted molar refractivity (Wildman–Crippen MR) is 49.4 cm³/mol. The van der Waals surface area contributed by atoms with Crippen LogP contribution in [0.1, 0.15) is 12.8 Å². The summed E-state index contributed by atoms with van der Waals surface area (Å²) in [5.74, 6) is 0.873. The molecule has 1 nitrogen and oxygen atoms in total. The van der Waals surface area contributed by atoms with Crippen molar-refractivity contribution in [2.75, 3.05) is 5.75 Å². The Morgan fingerprint density at radius 2 is 2.55 bits per heavy atom. The molecule has 0 bridgehead atoms. The van der Waals surface area contributed by atoms with Crippen LogP contribution < -0.4 is 0 Å². The molecule has 0 amide bonds. The summed E-state index contributed by atoms with van der Waals surface area (Å²) in [4.78, 5) is 0. The van der Waals surface area contributed by atoms with Gasteiger partial charge in [0.05, 0.1) is 12.0 Å². The van der Waals surface area contributed by atoms with Gasteiger partial charge < -0.3 is 0 Å². The molecular formula is C9H11NS. The number of nitriles is 1. The summed E-state index contributed by atoms with van der Waals surface area (Å²) in [6.45, 7) is 0. The SMILES string of the molecule is N#CC1C=CC(CS)=CCC1. The number of hydrogen-bond acceptors (Lipinski definition) is 2. The standard InChI is InChI=1S/C9H11NS/c10-6-8-2-1-3-9(7-11)5-4-8/h3-5,8,11H,1-2,7H2. The number of thiol groups is 1. The van der Waals surface area contributed by atoms with Gasteiger partial charge in [-0.1, -0.05) is 18.2 Å². The van der Waals surface area contributed by atoms with Crippen LogP contribution in [0.4, 0.5) is 0 Å². The van der Waals surface area contributed by atoms with E-state index in [4.69, 9.17) is 5.26 Å². The number of hydrogen-bond donors (Lipinski definition) is 1. The summed E-state index contributed by atoms with van der Waals surface area (Å²) in [6, 6.07) is 2.24. The highest BCUT2D eigenvalue weighted by molar-refractivity contribution is 7.80. The topological polar surface area (TPSA) is 23.8 Å². The van der Waals surface area contributed by atoms with Crippen molar-refractivity contribution in [2.24, 2.45) is 5.92 Å². The molecule has 1 rings (SSSR count). The Hall–Kier alpha value is -0.680. The molecule has 0 fully saturated rings. The van der Waals surface area contributed by atoms with E-state index in [9.17, 15) is 0 Å². The van der Waals surface area contributed by atoms with Gasteiger partial charge in [-0.2, -0.15) is 17.9 Å². The normalized spacial score (nSPS) is 23.6. The third kappa shape index (κ3) is 2.44. The van der Waals surface area contributed by atoms with Crippen LogP contribution in [0, 0.1) is 17.2 Å². The van der Waals surface area contributed by atoms with Crippen LogP contribution in [0.15, 0.2) is 23.8 Å². The second-order valence-corrected chi connectivity index (χ2v) is 2.93. The monoisotopic (exact) mass is 165 g/mol. The molecule has 0 aliphatic heterocycles. The maximum absolute atomic E-state index is 8.63. The van der Waals surface area contributed by atoms with Crippen LogP contribution in [-0.2, 0) is 0 Å². The second kappa shape index (κ2) is 4.25. The minimum absolute atomic E-state index is 0.101. The van der Waals surface area contributed by atoms with E-state index in [1.807, 2.05) is 12.2 Å². The fourth-order valence-corrected chi connectivity index (χ4v) is 1.31. The van der Waals surface area contributed by atoms with Gasteiger partial charge in [-0.25, -0.2) is 0 Å². The van der Waals surface area contributed by atoms with Gasteiger partial charge in [-0.05, 0) is 18.4 Å². The Kier molecular flexibility index (Phi) is 3.25. The van der Waals surface area contributed by atoms with E-state index in [-0.39, 0.29) is 5.92 Å². The van der Waals surface area contributed by atoms with Gasteiger partial charge in [0.15, 0.2) is 0 Å². The van der Waals surface area contributed by atoms with Crippen molar-refractivity contribution in [1.82, 2.24) is 0 Å². The Morgan fingerprint density at radius 3 is 3.18 bits per heavy atom. The molecule has 1 unspecified atom stereocenters. The number of nitrogens with zero attached hydrogens (tertiary/aromatic N) is 1. The van der Waals surface area contributed by atoms with E-state index < -0.39 is 0 Å². The highest BCUT2D eigenvalue weighted by Gasteiger charge is 2.04. The highest BCUT2D eigenvalue weighted by Crippen LogP contribution is 2.15. The molecule has 0 saturated heterocycles. The van der Waals surface area contributed by atoms with Crippen molar-refractivity contribution in [2.45, 2.75) is 12.8 Å². The van der Waals surface area contributed by atoms with Gasteiger partial charge in [-0.3, -0.25) is 0 Å². The Balaban J connectivity index is 2.62. The molecule has 0 N–H and O–H groups in total. The molecule has 1 atom stereocenters. The molecule has 0 saturated carbocycles. The summed E-state index contributed by atoms with van der Waals surface area (Å²) < 4.78 is 0. The minimum Gasteiger partial charge on any atom is -0.198 e. The summed E-state index contributed by atoms with van der Waals surface area (Å²) >= 11 is 4.17. The average molecular weight is 165 g/mol. The van der Waals surface area contributed by atoms with Crippen molar-refractivity contribution in [3.8, 4) is 6.07 Å². The van der Waals surface area contributed by atoms with Crippen molar-refractivity contribution in [3.05, 3.63) is 23.8 Å². The maximum Gasteiger partial charge on any atom is 0.0697 e. The van der Waals surface area contributed by atoms with Gasteiger partial charge in [0.25, 0.3) is 0 Å². The molecule has 1 aliphatic carbocycles. The Labute approximate surface area is 72.8 Å². The highest BCUT2D eigenvalue weighted by atomic mass is 32.1. The molecule has 0 radical (unpaired) electrons. The molecule has 0 aromatic heterocycles. The van der Waals surface area contributed by atoms with Gasteiger partial charge in [-0.15, -0.1) is 0 Å². The van der Waals surface area contributed by atoms with E-state index in [1.165, 1.54) is 5.57 Å². The fraction of sp³-hybridized carbons (Fsp3) is 0.444.